The molecule has 180 valence electrons. The standard InChI is InChI=1S/C20H33N5O6S/c1-32-11-16(26)25-10-13(23-20(31)22-12-5-3-2-4-6-12)9-15(25)19(30)24-14(18(21)29)7-8-17(27)28/h12-15H,2-11H2,1H3,(H2,21,29)(H,24,30)(H,27,28)(H2,22,23,31). The molecule has 3 unspecified atom stereocenters. The highest BCUT2D eigenvalue weighted by Gasteiger charge is 2.41. The summed E-state index contributed by atoms with van der Waals surface area (Å²) in [6.07, 6.45) is 6.68. The van der Waals surface area contributed by atoms with Crippen LogP contribution >= 0.6 is 11.8 Å². The van der Waals surface area contributed by atoms with E-state index in [0.717, 1.165) is 25.7 Å². The van der Waals surface area contributed by atoms with Gasteiger partial charge in [-0.25, -0.2) is 4.79 Å². The van der Waals surface area contributed by atoms with Crippen LogP contribution in [0.1, 0.15) is 51.4 Å². The van der Waals surface area contributed by atoms with Gasteiger partial charge in [-0.15, -0.1) is 0 Å². The summed E-state index contributed by atoms with van der Waals surface area (Å²) in [5.74, 6) is -2.64. The van der Waals surface area contributed by atoms with Gasteiger partial charge in [0, 0.05) is 19.0 Å². The first-order valence-corrected chi connectivity index (χ1v) is 12.3. The van der Waals surface area contributed by atoms with Crippen molar-refractivity contribution in [2.24, 2.45) is 5.73 Å². The van der Waals surface area contributed by atoms with Gasteiger partial charge in [0.1, 0.15) is 12.1 Å². The molecule has 11 nitrogen and oxygen atoms in total. The molecule has 1 aliphatic heterocycles. The van der Waals surface area contributed by atoms with Crippen molar-refractivity contribution in [3.05, 3.63) is 0 Å². The third kappa shape index (κ3) is 7.88. The van der Waals surface area contributed by atoms with E-state index in [1.165, 1.54) is 23.1 Å². The number of likely N-dealkylation sites (tertiary alicyclic amines) is 1. The number of primary amides is 1. The largest absolute Gasteiger partial charge is 0.481 e. The topological polar surface area (TPSA) is 171 Å². The van der Waals surface area contributed by atoms with Crippen LogP contribution in [0.4, 0.5) is 4.79 Å². The van der Waals surface area contributed by atoms with E-state index >= 15 is 0 Å². The summed E-state index contributed by atoms with van der Waals surface area (Å²) in [7, 11) is 0. The van der Waals surface area contributed by atoms with Crippen molar-refractivity contribution in [2.75, 3.05) is 18.6 Å². The van der Waals surface area contributed by atoms with E-state index in [0.29, 0.717) is 0 Å². The minimum atomic E-state index is -1.15. The van der Waals surface area contributed by atoms with E-state index in [-0.39, 0.29) is 49.5 Å². The van der Waals surface area contributed by atoms with E-state index in [1.54, 1.807) is 6.26 Å². The molecule has 2 rings (SSSR count). The summed E-state index contributed by atoms with van der Waals surface area (Å²) >= 11 is 1.32. The molecule has 1 heterocycles. The molecule has 1 saturated heterocycles. The highest BCUT2D eigenvalue weighted by atomic mass is 32.2. The average molecular weight is 472 g/mol. The van der Waals surface area contributed by atoms with E-state index in [1.807, 2.05) is 0 Å². The number of carboxylic acid groups (broad SMARTS) is 1. The van der Waals surface area contributed by atoms with Crippen molar-refractivity contribution in [3.63, 3.8) is 0 Å². The van der Waals surface area contributed by atoms with Crippen LogP contribution in [0.3, 0.4) is 0 Å². The summed E-state index contributed by atoms with van der Waals surface area (Å²) in [6, 6.07) is -2.66. The normalized spacial score (nSPS) is 22.1. The fraction of sp³-hybridized carbons (Fsp3) is 0.750. The van der Waals surface area contributed by atoms with Crippen molar-refractivity contribution in [2.45, 2.75) is 75.5 Å². The van der Waals surface area contributed by atoms with Crippen LogP contribution in [-0.4, -0.2) is 82.4 Å². The number of carboxylic acids is 1. The maximum absolute atomic E-state index is 12.9. The van der Waals surface area contributed by atoms with Gasteiger partial charge in [0.25, 0.3) is 0 Å². The molecule has 5 amide bonds. The number of thioether (sulfide) groups is 1. The average Bonchev–Trinajstić information content (AvgIpc) is 3.15. The third-order valence-electron chi connectivity index (χ3n) is 5.77. The van der Waals surface area contributed by atoms with E-state index in [4.69, 9.17) is 10.8 Å². The lowest BCUT2D eigenvalue weighted by atomic mass is 9.96. The molecule has 3 atom stereocenters. The van der Waals surface area contributed by atoms with Crippen LogP contribution in [0, 0.1) is 0 Å². The zero-order chi connectivity index (χ0) is 23.7. The molecular weight excluding hydrogens is 438 g/mol. The second-order valence-corrected chi connectivity index (χ2v) is 9.14. The number of urea groups is 1. The van der Waals surface area contributed by atoms with E-state index in [2.05, 4.69) is 16.0 Å². The van der Waals surface area contributed by atoms with E-state index in [9.17, 15) is 24.0 Å². The zero-order valence-corrected chi connectivity index (χ0v) is 19.1. The Labute approximate surface area is 191 Å². The Hall–Kier alpha value is -2.50. The summed E-state index contributed by atoms with van der Waals surface area (Å²) in [4.78, 5) is 61.7. The van der Waals surface area contributed by atoms with Crippen LogP contribution in [0.15, 0.2) is 0 Å². The number of nitrogens with one attached hydrogen (secondary N) is 3. The van der Waals surface area contributed by atoms with Gasteiger partial charge in [0.2, 0.25) is 17.7 Å². The maximum atomic E-state index is 12.9. The molecule has 0 bridgehead atoms. The van der Waals surface area contributed by atoms with Crippen molar-refractivity contribution < 1.29 is 29.1 Å². The second-order valence-electron chi connectivity index (χ2n) is 8.28. The summed E-state index contributed by atoms with van der Waals surface area (Å²) in [5, 5.41) is 17.1. The molecule has 2 aliphatic rings. The van der Waals surface area contributed by atoms with Gasteiger partial charge < -0.3 is 31.7 Å². The second kappa shape index (κ2) is 12.5. The van der Waals surface area contributed by atoms with Gasteiger partial charge in [-0.05, 0) is 31.9 Å². The summed E-state index contributed by atoms with van der Waals surface area (Å²) < 4.78 is 0. The molecule has 1 aliphatic carbocycles. The molecule has 12 heteroatoms. The Bertz CT molecular complexity index is 715. The monoisotopic (exact) mass is 471 g/mol. The van der Waals surface area contributed by atoms with E-state index < -0.39 is 35.9 Å². The molecule has 1 saturated carbocycles. The fourth-order valence-electron chi connectivity index (χ4n) is 4.15. The molecular formula is C20H33N5O6S. The van der Waals surface area contributed by atoms with Gasteiger partial charge in [0.15, 0.2) is 0 Å². The Morgan fingerprint density at radius 3 is 2.34 bits per heavy atom. The molecule has 0 aromatic heterocycles. The Kier molecular flexibility index (Phi) is 10.1. The number of hydrogen-bond donors (Lipinski definition) is 5. The lowest BCUT2D eigenvalue weighted by Crippen LogP contribution is -2.52. The zero-order valence-electron chi connectivity index (χ0n) is 18.3. The predicted molar refractivity (Wildman–Crippen MR) is 119 cm³/mol. The van der Waals surface area contributed by atoms with Gasteiger partial charge >= 0.3 is 12.0 Å². The molecule has 0 aromatic rings. The number of rotatable bonds is 10. The van der Waals surface area contributed by atoms with Crippen molar-refractivity contribution in [1.82, 2.24) is 20.9 Å². The quantitative estimate of drug-likeness (QED) is 0.293. The Morgan fingerprint density at radius 1 is 1.09 bits per heavy atom. The number of carbonyl (C=O) groups excluding carboxylic acids is 4. The van der Waals surface area contributed by atoms with Crippen molar-refractivity contribution in [3.8, 4) is 0 Å². The van der Waals surface area contributed by atoms with Crippen LogP contribution in [-0.2, 0) is 19.2 Å². The first kappa shape index (κ1) is 25.8. The molecule has 6 N–H and O–H groups in total. The van der Waals surface area contributed by atoms with Crippen LogP contribution in [0.2, 0.25) is 0 Å². The number of aliphatic carboxylic acids is 1. The first-order valence-electron chi connectivity index (χ1n) is 10.9. The highest BCUT2D eigenvalue weighted by Crippen LogP contribution is 2.21. The molecule has 0 radical (unpaired) electrons. The minimum absolute atomic E-state index is 0.129. The minimum Gasteiger partial charge on any atom is -0.481 e. The lowest BCUT2D eigenvalue weighted by Gasteiger charge is -2.25. The highest BCUT2D eigenvalue weighted by molar-refractivity contribution is 7.99. The first-order chi connectivity index (χ1) is 15.2. The predicted octanol–water partition coefficient (Wildman–Crippen LogP) is -0.214. The van der Waals surface area contributed by atoms with Crippen LogP contribution < -0.4 is 21.7 Å². The molecule has 0 aromatic carbocycles. The Balaban J connectivity index is 2.01. The Morgan fingerprint density at radius 2 is 1.75 bits per heavy atom. The molecule has 0 spiro atoms. The van der Waals surface area contributed by atoms with Gasteiger partial charge in [-0.2, -0.15) is 11.8 Å². The fourth-order valence-corrected chi connectivity index (χ4v) is 4.56. The third-order valence-corrected chi connectivity index (χ3v) is 6.31. The smallest absolute Gasteiger partial charge is 0.315 e. The van der Waals surface area contributed by atoms with Crippen molar-refractivity contribution in [1.29, 1.82) is 0 Å². The SMILES string of the molecule is CSCC(=O)N1CC(NC(=O)NC2CCCCC2)CC1C(=O)NC(CCC(=O)O)C(N)=O. The summed E-state index contributed by atoms with van der Waals surface area (Å²) in [5.41, 5.74) is 5.30. The van der Waals surface area contributed by atoms with Gasteiger partial charge in [-0.1, -0.05) is 19.3 Å². The number of nitrogens with two attached hydrogens (primary N) is 1. The summed E-state index contributed by atoms with van der Waals surface area (Å²) in [6.45, 7) is 0.173. The molecule has 2 fully saturated rings. The van der Waals surface area contributed by atoms with Crippen LogP contribution in [0.5, 0.6) is 0 Å². The maximum Gasteiger partial charge on any atom is 0.315 e. The number of hydrogen-bond acceptors (Lipinski definition) is 6. The number of amides is 5. The number of nitrogens with zero attached hydrogens (tertiary/aromatic N) is 1. The van der Waals surface area contributed by atoms with Crippen LogP contribution in [0.25, 0.3) is 0 Å². The van der Waals surface area contributed by atoms with Crippen molar-refractivity contribution >= 4 is 41.5 Å². The van der Waals surface area contributed by atoms with Gasteiger partial charge in [0.05, 0.1) is 11.8 Å². The lowest BCUT2D eigenvalue weighted by molar-refractivity contribution is -0.138. The number of carbonyl (C=O) groups is 5. The van der Waals surface area contributed by atoms with Gasteiger partial charge in [-0.3, -0.25) is 19.2 Å². The molecule has 32 heavy (non-hydrogen) atoms.